The summed E-state index contributed by atoms with van der Waals surface area (Å²) in [4.78, 5) is 0. The Morgan fingerprint density at radius 3 is 1.49 bits per heavy atom. The molecule has 5 heteroatoms. The van der Waals surface area contributed by atoms with Crippen molar-refractivity contribution in [1.82, 2.24) is 4.72 Å². The average molecular weight is 618 g/mol. The van der Waals surface area contributed by atoms with Crippen LogP contribution in [0.3, 0.4) is 0 Å². The quantitative estimate of drug-likeness (QED) is 0.0815. The molecule has 0 amide bonds. The van der Waals surface area contributed by atoms with Crippen LogP contribution in [0.25, 0.3) is 10.8 Å². The molecule has 43 heavy (non-hydrogen) atoms. The molecule has 0 spiro atoms. The van der Waals surface area contributed by atoms with E-state index in [2.05, 4.69) is 61.9 Å². The molecule has 0 saturated carbocycles. The van der Waals surface area contributed by atoms with E-state index in [4.69, 9.17) is 4.55 Å². The maximum Gasteiger partial charge on any atom is 0.333 e. The van der Waals surface area contributed by atoms with E-state index in [-0.39, 0.29) is 0 Å². The van der Waals surface area contributed by atoms with Crippen molar-refractivity contribution in [1.29, 1.82) is 0 Å². The molecular weight excluding hydrogens is 550 g/mol. The number of aryl methyl sites for hydroxylation is 2. The zero-order valence-electron chi connectivity index (χ0n) is 28.3. The molecule has 0 aliphatic heterocycles. The van der Waals surface area contributed by atoms with Gasteiger partial charge in [-0.1, -0.05) is 179 Å². The smallest absolute Gasteiger partial charge is 0.273 e. The van der Waals surface area contributed by atoms with Crippen LogP contribution in [0.5, 0.6) is 0 Å². The second kappa shape index (κ2) is 26.9. The predicted octanol–water partition coefficient (Wildman–Crippen LogP) is 11.9. The summed E-state index contributed by atoms with van der Waals surface area (Å²) in [6, 6.07) is 13.8. The van der Waals surface area contributed by atoms with Gasteiger partial charge in [0.15, 0.2) is 0 Å². The normalized spacial score (nSPS) is 11.5. The third-order valence-corrected chi connectivity index (χ3v) is 9.10. The fourth-order valence-electron chi connectivity index (χ4n) is 5.90. The molecule has 0 fully saturated rings. The minimum absolute atomic E-state index is 0.341. The number of hydrogen-bond donors (Lipinski definition) is 2. The molecule has 0 aromatic heterocycles. The highest BCUT2D eigenvalue weighted by molar-refractivity contribution is 7.83. The van der Waals surface area contributed by atoms with E-state index < -0.39 is 10.3 Å². The van der Waals surface area contributed by atoms with Crippen molar-refractivity contribution in [2.24, 2.45) is 0 Å². The molecule has 0 aliphatic rings. The Morgan fingerprint density at radius 2 is 0.977 bits per heavy atom. The Bertz CT molecular complexity index is 1020. The summed E-state index contributed by atoms with van der Waals surface area (Å²) in [6.45, 7) is 7.13. The van der Waals surface area contributed by atoms with Gasteiger partial charge < -0.3 is 0 Å². The number of unbranched alkanes of at least 4 members (excludes halogenated alkanes) is 19. The molecule has 2 aromatic carbocycles. The maximum absolute atomic E-state index is 10.3. The highest BCUT2D eigenvalue weighted by atomic mass is 32.2. The van der Waals surface area contributed by atoms with Crippen molar-refractivity contribution in [3.63, 3.8) is 0 Å². The minimum atomic E-state index is -3.98. The van der Waals surface area contributed by atoms with E-state index in [0.29, 0.717) is 6.54 Å². The molecular formula is C38H67NO3S. The highest BCUT2D eigenvalue weighted by Crippen LogP contribution is 2.26. The zero-order chi connectivity index (χ0) is 31.4. The second-order valence-corrected chi connectivity index (χ2v) is 13.8. The third kappa shape index (κ3) is 21.8. The Morgan fingerprint density at radius 1 is 0.535 bits per heavy atom. The zero-order valence-corrected chi connectivity index (χ0v) is 29.1. The molecule has 0 unspecified atom stereocenters. The lowest BCUT2D eigenvalue weighted by Crippen LogP contribution is -2.23. The average Bonchev–Trinajstić information content (AvgIpc) is 2.99. The van der Waals surface area contributed by atoms with Gasteiger partial charge in [0.2, 0.25) is 0 Å². The van der Waals surface area contributed by atoms with Crippen LogP contribution in [0.4, 0.5) is 0 Å². The van der Waals surface area contributed by atoms with E-state index in [1.54, 1.807) is 11.1 Å². The summed E-state index contributed by atoms with van der Waals surface area (Å²) in [5.41, 5.74) is 3.27. The van der Waals surface area contributed by atoms with E-state index in [1.165, 1.54) is 146 Å². The van der Waals surface area contributed by atoms with Gasteiger partial charge in [-0.15, -0.1) is 0 Å². The topological polar surface area (TPSA) is 66.4 Å². The van der Waals surface area contributed by atoms with Crippen LogP contribution in [-0.4, -0.2) is 19.5 Å². The van der Waals surface area contributed by atoms with Gasteiger partial charge in [0.1, 0.15) is 0 Å². The minimum Gasteiger partial charge on any atom is -0.273 e. The van der Waals surface area contributed by atoms with Crippen LogP contribution >= 0.6 is 0 Å². The predicted molar refractivity (Wildman–Crippen MR) is 190 cm³/mol. The van der Waals surface area contributed by atoms with E-state index in [9.17, 15) is 8.42 Å². The Balaban J connectivity index is 0.000000523. The van der Waals surface area contributed by atoms with Crippen LogP contribution in [0, 0.1) is 0 Å². The lowest BCUT2D eigenvalue weighted by atomic mass is 9.91. The monoisotopic (exact) mass is 617 g/mol. The third-order valence-electron chi connectivity index (χ3n) is 8.53. The van der Waals surface area contributed by atoms with Gasteiger partial charge in [-0.25, -0.2) is 0 Å². The van der Waals surface area contributed by atoms with Crippen molar-refractivity contribution in [2.45, 2.75) is 175 Å². The summed E-state index contributed by atoms with van der Waals surface area (Å²) >= 11 is 0. The van der Waals surface area contributed by atoms with E-state index in [0.717, 1.165) is 19.3 Å². The Hall–Kier alpha value is -1.43. The van der Waals surface area contributed by atoms with Crippen LogP contribution in [0.1, 0.15) is 173 Å². The summed E-state index contributed by atoms with van der Waals surface area (Å²) < 4.78 is 31.0. The fourth-order valence-corrected chi connectivity index (χ4v) is 6.30. The number of hydrogen-bond acceptors (Lipinski definition) is 2. The Labute approximate surface area is 267 Å². The second-order valence-electron chi connectivity index (χ2n) is 12.5. The molecule has 248 valence electrons. The van der Waals surface area contributed by atoms with Gasteiger partial charge >= 0.3 is 10.3 Å². The van der Waals surface area contributed by atoms with Gasteiger partial charge in [0.25, 0.3) is 0 Å². The number of benzene rings is 2. The van der Waals surface area contributed by atoms with Gasteiger partial charge in [0, 0.05) is 6.54 Å². The lowest BCUT2D eigenvalue weighted by Gasteiger charge is -2.14. The first-order valence-electron chi connectivity index (χ1n) is 18.1. The van der Waals surface area contributed by atoms with Gasteiger partial charge in [-0.3, -0.25) is 4.55 Å². The maximum atomic E-state index is 10.3. The molecule has 4 nitrogen and oxygen atoms in total. The van der Waals surface area contributed by atoms with Crippen molar-refractivity contribution in [2.75, 3.05) is 6.54 Å². The molecule has 0 heterocycles. The lowest BCUT2D eigenvalue weighted by molar-refractivity contribution is 0.464. The molecule has 0 bridgehead atoms. The molecule has 2 N–H and O–H groups in total. The number of fused-ring (bicyclic) bond motifs is 1. The van der Waals surface area contributed by atoms with Crippen molar-refractivity contribution < 1.29 is 13.0 Å². The van der Waals surface area contributed by atoms with Gasteiger partial charge in [0.05, 0.1) is 0 Å². The molecule has 2 aromatic rings. The SMILES string of the molecule is CCCCCCCCCCNS(=O)(=O)O.CCCCCCCCCc1ccc2ccccc2c1CCCCCCCCC. The summed E-state index contributed by atoms with van der Waals surface area (Å²) in [6.07, 6.45) is 31.4. The molecule has 0 radical (unpaired) electrons. The first-order valence-corrected chi connectivity index (χ1v) is 19.6. The molecule has 0 atom stereocenters. The largest absolute Gasteiger partial charge is 0.333 e. The van der Waals surface area contributed by atoms with E-state index in [1.807, 2.05) is 0 Å². The Kier molecular flexibility index (Phi) is 24.8. The summed E-state index contributed by atoms with van der Waals surface area (Å²) in [5.74, 6) is 0. The van der Waals surface area contributed by atoms with Crippen LogP contribution in [0.15, 0.2) is 36.4 Å². The highest BCUT2D eigenvalue weighted by Gasteiger charge is 2.08. The van der Waals surface area contributed by atoms with Crippen LogP contribution < -0.4 is 4.72 Å². The van der Waals surface area contributed by atoms with Crippen molar-refractivity contribution in [3.8, 4) is 0 Å². The number of nitrogens with one attached hydrogen (secondary N) is 1. The molecule has 0 saturated heterocycles. The molecule has 0 aliphatic carbocycles. The van der Waals surface area contributed by atoms with E-state index >= 15 is 0 Å². The van der Waals surface area contributed by atoms with Crippen LogP contribution in [-0.2, 0) is 23.1 Å². The van der Waals surface area contributed by atoms with Gasteiger partial charge in [-0.2, -0.15) is 13.1 Å². The van der Waals surface area contributed by atoms with Crippen LogP contribution in [0.2, 0.25) is 0 Å². The summed E-state index contributed by atoms with van der Waals surface area (Å²) in [7, 11) is -3.98. The molecule has 2 rings (SSSR count). The van der Waals surface area contributed by atoms with Gasteiger partial charge in [-0.05, 0) is 54.0 Å². The van der Waals surface area contributed by atoms with Crippen molar-refractivity contribution >= 4 is 21.1 Å². The summed E-state index contributed by atoms with van der Waals surface area (Å²) in [5, 5.41) is 2.93. The fraction of sp³-hybridized carbons (Fsp3) is 0.737. The van der Waals surface area contributed by atoms with Crippen molar-refractivity contribution in [3.05, 3.63) is 47.5 Å². The standard InChI is InChI=1S/C28H44.C10H23NO3S/c1-3-5-7-9-11-13-15-19-25-23-24-26-20-17-18-22-28(26)27(25)21-16-14-12-10-8-6-4-2;1-2-3-4-5-6-7-8-9-10-11-15(12,13)14/h17-18,20,22-24H,3-16,19,21H2,1-2H3;11H,2-10H2,1H3,(H,12,13,14). The number of rotatable bonds is 26. The first kappa shape index (κ1) is 39.6. The first-order chi connectivity index (χ1) is 20.9.